The highest BCUT2D eigenvalue weighted by atomic mass is 19.3. The van der Waals surface area contributed by atoms with Crippen LogP contribution in [0.1, 0.15) is 12.5 Å². The molecular formula is C16H20F2N2O4. The van der Waals surface area contributed by atoms with Gasteiger partial charge in [0.05, 0.1) is 0 Å². The van der Waals surface area contributed by atoms with E-state index in [0.717, 1.165) is 13.1 Å². The van der Waals surface area contributed by atoms with E-state index in [1.54, 1.807) is 13.1 Å². The molecule has 24 heavy (non-hydrogen) atoms. The van der Waals surface area contributed by atoms with E-state index in [9.17, 15) is 13.6 Å². The molecule has 1 N–H and O–H groups in total. The standard InChI is InChI=1S/C16H20F2N2O4/c1-9(11-5-19-6-11)15(21)20(2)7-10-3-13-14(23-8-22-13)4-12(10)24-16(17)18/h3-4,9,11,16,19H,5-8H2,1-2H3. The minimum Gasteiger partial charge on any atom is -0.454 e. The molecular weight excluding hydrogens is 322 g/mol. The number of rotatable bonds is 6. The molecule has 1 amide bonds. The van der Waals surface area contributed by atoms with Gasteiger partial charge >= 0.3 is 6.61 Å². The smallest absolute Gasteiger partial charge is 0.387 e. The predicted octanol–water partition coefficient (Wildman–Crippen LogP) is 1.83. The summed E-state index contributed by atoms with van der Waals surface area (Å²) in [5, 5.41) is 3.14. The molecule has 132 valence electrons. The van der Waals surface area contributed by atoms with Crippen LogP contribution in [0.4, 0.5) is 8.78 Å². The minimum absolute atomic E-state index is 0.00753. The molecule has 0 aliphatic carbocycles. The maximum atomic E-state index is 12.7. The van der Waals surface area contributed by atoms with Gasteiger partial charge in [-0.15, -0.1) is 0 Å². The second-order valence-corrected chi connectivity index (χ2v) is 6.09. The Morgan fingerprint density at radius 2 is 2.04 bits per heavy atom. The first-order chi connectivity index (χ1) is 11.5. The lowest BCUT2D eigenvalue weighted by Crippen LogP contribution is -2.49. The number of ether oxygens (including phenoxy) is 3. The van der Waals surface area contributed by atoms with Crippen LogP contribution in [0.2, 0.25) is 0 Å². The fraction of sp³-hybridized carbons (Fsp3) is 0.562. The van der Waals surface area contributed by atoms with E-state index in [1.807, 2.05) is 6.92 Å². The first-order valence-corrected chi connectivity index (χ1v) is 7.78. The molecule has 1 unspecified atom stereocenters. The average Bonchev–Trinajstić information content (AvgIpc) is 2.91. The van der Waals surface area contributed by atoms with Crippen LogP contribution in [0.25, 0.3) is 0 Å². The van der Waals surface area contributed by atoms with Crippen molar-refractivity contribution in [1.29, 1.82) is 0 Å². The van der Waals surface area contributed by atoms with Crippen LogP contribution in [0.5, 0.6) is 17.2 Å². The molecule has 6 nitrogen and oxygen atoms in total. The van der Waals surface area contributed by atoms with Gasteiger partial charge in [0.2, 0.25) is 12.7 Å². The third kappa shape index (κ3) is 3.38. The number of nitrogens with zero attached hydrogens (tertiary/aromatic N) is 1. The van der Waals surface area contributed by atoms with Crippen molar-refractivity contribution in [3.05, 3.63) is 17.7 Å². The number of carbonyl (C=O) groups excluding carboxylic acids is 1. The van der Waals surface area contributed by atoms with E-state index in [2.05, 4.69) is 10.1 Å². The van der Waals surface area contributed by atoms with Crippen LogP contribution < -0.4 is 19.5 Å². The highest BCUT2D eigenvalue weighted by Crippen LogP contribution is 2.39. The lowest BCUT2D eigenvalue weighted by atomic mass is 9.88. The van der Waals surface area contributed by atoms with Gasteiger partial charge < -0.3 is 24.4 Å². The zero-order valence-corrected chi connectivity index (χ0v) is 13.6. The van der Waals surface area contributed by atoms with Gasteiger partial charge in [0.25, 0.3) is 0 Å². The van der Waals surface area contributed by atoms with Crippen LogP contribution in [0.15, 0.2) is 12.1 Å². The number of nitrogens with one attached hydrogen (secondary N) is 1. The van der Waals surface area contributed by atoms with Gasteiger partial charge in [-0.2, -0.15) is 8.78 Å². The van der Waals surface area contributed by atoms with Gasteiger partial charge in [-0.05, 0) is 25.1 Å². The van der Waals surface area contributed by atoms with E-state index in [1.165, 1.54) is 11.0 Å². The van der Waals surface area contributed by atoms with Gasteiger partial charge in [-0.1, -0.05) is 6.92 Å². The second-order valence-electron chi connectivity index (χ2n) is 6.09. The zero-order chi connectivity index (χ0) is 17.3. The molecule has 2 aliphatic heterocycles. The summed E-state index contributed by atoms with van der Waals surface area (Å²) >= 11 is 0. The molecule has 0 aromatic heterocycles. The van der Waals surface area contributed by atoms with E-state index in [0.29, 0.717) is 23.0 Å². The summed E-state index contributed by atoms with van der Waals surface area (Å²) in [5.41, 5.74) is 0.453. The van der Waals surface area contributed by atoms with Crippen molar-refractivity contribution >= 4 is 5.91 Å². The molecule has 0 saturated carbocycles. The number of carbonyl (C=O) groups is 1. The van der Waals surface area contributed by atoms with Crippen LogP contribution in [0, 0.1) is 11.8 Å². The number of hydrogen-bond donors (Lipinski definition) is 1. The molecule has 1 aromatic carbocycles. The monoisotopic (exact) mass is 342 g/mol. The van der Waals surface area contributed by atoms with Crippen molar-refractivity contribution in [2.75, 3.05) is 26.9 Å². The second kappa shape index (κ2) is 6.80. The highest BCUT2D eigenvalue weighted by molar-refractivity contribution is 5.78. The van der Waals surface area contributed by atoms with Crippen molar-refractivity contribution in [2.24, 2.45) is 11.8 Å². The van der Waals surface area contributed by atoms with E-state index in [4.69, 9.17) is 9.47 Å². The molecule has 8 heteroatoms. The topological polar surface area (TPSA) is 60.0 Å². The number of amides is 1. The van der Waals surface area contributed by atoms with E-state index < -0.39 is 6.61 Å². The summed E-state index contributed by atoms with van der Waals surface area (Å²) in [6.45, 7) is 0.774. The fourth-order valence-corrected chi connectivity index (χ4v) is 2.84. The molecule has 0 spiro atoms. The van der Waals surface area contributed by atoms with Crippen LogP contribution in [0.3, 0.4) is 0 Å². The molecule has 0 bridgehead atoms. The Hall–Kier alpha value is -2.09. The number of alkyl halides is 2. The van der Waals surface area contributed by atoms with E-state index >= 15 is 0 Å². The Labute approximate surface area is 138 Å². The molecule has 1 fully saturated rings. The summed E-state index contributed by atoms with van der Waals surface area (Å²) in [7, 11) is 1.65. The summed E-state index contributed by atoms with van der Waals surface area (Å²) in [6, 6.07) is 2.96. The van der Waals surface area contributed by atoms with Gasteiger partial charge in [-0.25, -0.2) is 0 Å². The Bertz CT molecular complexity index is 622. The maximum absolute atomic E-state index is 12.7. The predicted molar refractivity (Wildman–Crippen MR) is 81.2 cm³/mol. The molecule has 2 aliphatic rings. The molecule has 2 heterocycles. The summed E-state index contributed by atoms with van der Waals surface area (Å²) < 4.78 is 40.3. The van der Waals surface area contributed by atoms with Crippen molar-refractivity contribution in [3.8, 4) is 17.2 Å². The summed E-state index contributed by atoms with van der Waals surface area (Å²) in [5.74, 6) is 0.980. The molecule has 1 saturated heterocycles. The van der Waals surface area contributed by atoms with Crippen molar-refractivity contribution < 1.29 is 27.8 Å². The Morgan fingerprint density at radius 3 is 2.62 bits per heavy atom. The van der Waals surface area contributed by atoms with Crippen molar-refractivity contribution in [1.82, 2.24) is 10.2 Å². The fourth-order valence-electron chi connectivity index (χ4n) is 2.84. The van der Waals surface area contributed by atoms with Crippen LogP contribution in [-0.2, 0) is 11.3 Å². The largest absolute Gasteiger partial charge is 0.454 e. The molecule has 1 atom stereocenters. The normalized spacial score (nSPS) is 17.5. The molecule has 3 rings (SSSR count). The third-order valence-corrected chi connectivity index (χ3v) is 4.47. The quantitative estimate of drug-likeness (QED) is 0.855. The van der Waals surface area contributed by atoms with Gasteiger partial charge in [0, 0.05) is 31.1 Å². The Balaban J connectivity index is 1.76. The zero-order valence-electron chi connectivity index (χ0n) is 13.6. The van der Waals surface area contributed by atoms with Gasteiger partial charge in [0.15, 0.2) is 11.5 Å². The first-order valence-electron chi connectivity index (χ1n) is 7.78. The molecule has 0 radical (unpaired) electrons. The number of hydrogen-bond acceptors (Lipinski definition) is 5. The van der Waals surface area contributed by atoms with Crippen LogP contribution >= 0.6 is 0 Å². The number of halogens is 2. The maximum Gasteiger partial charge on any atom is 0.387 e. The average molecular weight is 342 g/mol. The number of fused-ring (bicyclic) bond motifs is 1. The summed E-state index contributed by atoms with van der Waals surface area (Å²) in [6.07, 6.45) is 0. The summed E-state index contributed by atoms with van der Waals surface area (Å²) in [4.78, 5) is 14.0. The Morgan fingerprint density at radius 1 is 1.38 bits per heavy atom. The van der Waals surface area contributed by atoms with Crippen molar-refractivity contribution in [3.63, 3.8) is 0 Å². The lowest BCUT2D eigenvalue weighted by Gasteiger charge is -2.34. The first kappa shape index (κ1) is 16.8. The minimum atomic E-state index is -2.95. The SMILES string of the molecule is CC(C(=O)N(C)Cc1cc2c(cc1OC(F)F)OCO2)C1CNC1. The molecule has 1 aromatic rings. The highest BCUT2D eigenvalue weighted by Gasteiger charge is 2.31. The number of benzene rings is 1. The van der Waals surface area contributed by atoms with Crippen LogP contribution in [-0.4, -0.2) is 44.3 Å². The van der Waals surface area contributed by atoms with E-state index in [-0.39, 0.29) is 30.9 Å². The van der Waals surface area contributed by atoms with Gasteiger partial charge in [-0.3, -0.25) is 4.79 Å². The van der Waals surface area contributed by atoms with Gasteiger partial charge in [0.1, 0.15) is 5.75 Å². The lowest BCUT2D eigenvalue weighted by molar-refractivity contribution is -0.136. The Kier molecular flexibility index (Phi) is 4.75. The third-order valence-electron chi connectivity index (χ3n) is 4.47. The van der Waals surface area contributed by atoms with Crippen molar-refractivity contribution in [2.45, 2.75) is 20.1 Å².